The molecule has 1 amide bonds. The molecule has 0 unspecified atom stereocenters. The first kappa shape index (κ1) is 25.2. The largest absolute Gasteiger partial charge is 0.490 e. The van der Waals surface area contributed by atoms with Crippen LogP contribution in [-0.2, 0) is 16.4 Å². The number of benzene rings is 3. The van der Waals surface area contributed by atoms with Crippen LogP contribution in [0.25, 0.3) is 11.3 Å². The van der Waals surface area contributed by atoms with Gasteiger partial charge in [0.2, 0.25) is 11.8 Å². The first-order chi connectivity index (χ1) is 18.2. The number of nitrogens with one attached hydrogen (secondary N) is 2. The van der Waals surface area contributed by atoms with Gasteiger partial charge in [0, 0.05) is 22.4 Å². The molecule has 2 heterocycles. The zero-order valence-electron chi connectivity index (χ0n) is 21.1. The van der Waals surface area contributed by atoms with Crippen molar-refractivity contribution >= 4 is 27.6 Å². The predicted octanol–water partition coefficient (Wildman–Crippen LogP) is 5.65. The standard InChI is InChI=1S/C28H26N4O5S/c1-4-22-25(23-13-5-6-14-24(23)36-17(2)3)30-28-31-27(22)37-20-11-7-9-18(15-20)26(33)29-19-10-8-12-21(16-19)38(34,35)32-28/h5-17H,4H2,1-3H3,(H,29,33)(H,30,31,32). The van der Waals surface area contributed by atoms with Gasteiger partial charge in [0.25, 0.3) is 15.9 Å². The van der Waals surface area contributed by atoms with Crippen molar-refractivity contribution in [3.05, 3.63) is 83.9 Å². The van der Waals surface area contributed by atoms with Crippen molar-refractivity contribution in [2.45, 2.75) is 38.2 Å². The van der Waals surface area contributed by atoms with E-state index in [0.717, 1.165) is 0 Å². The Morgan fingerprint density at radius 3 is 2.55 bits per heavy atom. The topological polar surface area (TPSA) is 120 Å². The van der Waals surface area contributed by atoms with Gasteiger partial charge in [-0.15, -0.1) is 0 Å². The fourth-order valence-electron chi connectivity index (χ4n) is 4.09. The zero-order valence-corrected chi connectivity index (χ0v) is 21.9. The van der Waals surface area contributed by atoms with Crippen molar-refractivity contribution in [2.24, 2.45) is 0 Å². The predicted molar refractivity (Wildman–Crippen MR) is 144 cm³/mol. The second-order valence-corrected chi connectivity index (χ2v) is 10.6. The molecule has 0 fully saturated rings. The third kappa shape index (κ3) is 5.16. The van der Waals surface area contributed by atoms with Crippen molar-refractivity contribution in [2.75, 3.05) is 10.0 Å². The van der Waals surface area contributed by atoms with Gasteiger partial charge in [-0.1, -0.05) is 31.2 Å². The number of amides is 1. The normalized spacial score (nSPS) is 14.1. The Hall–Kier alpha value is -4.44. The van der Waals surface area contributed by atoms with Gasteiger partial charge in [0.15, 0.2) is 0 Å². The number of para-hydroxylation sites is 1. The number of hydrogen-bond donors (Lipinski definition) is 2. The summed E-state index contributed by atoms with van der Waals surface area (Å²) in [5.41, 5.74) is 2.46. The highest BCUT2D eigenvalue weighted by atomic mass is 32.2. The van der Waals surface area contributed by atoms with Crippen molar-refractivity contribution < 1.29 is 22.7 Å². The average Bonchev–Trinajstić information content (AvgIpc) is 2.88. The molecule has 6 bridgehead atoms. The number of anilines is 2. The lowest BCUT2D eigenvalue weighted by Gasteiger charge is -2.19. The van der Waals surface area contributed by atoms with E-state index in [1.165, 1.54) is 12.1 Å². The zero-order chi connectivity index (χ0) is 26.9. The molecule has 0 saturated carbocycles. The van der Waals surface area contributed by atoms with E-state index in [9.17, 15) is 13.2 Å². The number of rotatable bonds is 4. The second kappa shape index (κ2) is 10.1. The Labute approximate surface area is 220 Å². The van der Waals surface area contributed by atoms with Gasteiger partial charge in [-0.25, -0.2) is 18.1 Å². The summed E-state index contributed by atoms with van der Waals surface area (Å²) in [5, 5.41) is 2.73. The van der Waals surface area contributed by atoms with Gasteiger partial charge in [-0.05, 0) is 68.8 Å². The molecule has 1 aliphatic rings. The monoisotopic (exact) mass is 530 g/mol. The summed E-state index contributed by atoms with van der Waals surface area (Å²) >= 11 is 0. The maximum absolute atomic E-state index is 13.3. The molecule has 0 aliphatic carbocycles. The van der Waals surface area contributed by atoms with E-state index in [4.69, 9.17) is 9.47 Å². The molecule has 1 aliphatic heterocycles. The van der Waals surface area contributed by atoms with E-state index < -0.39 is 15.9 Å². The molecule has 5 rings (SSSR count). The molecule has 194 valence electrons. The summed E-state index contributed by atoms with van der Waals surface area (Å²) in [4.78, 5) is 21.9. The maximum Gasteiger partial charge on any atom is 0.264 e. The van der Waals surface area contributed by atoms with E-state index in [2.05, 4.69) is 20.0 Å². The molecule has 2 N–H and O–H groups in total. The smallest absolute Gasteiger partial charge is 0.264 e. The molecule has 0 atom stereocenters. The quantitative estimate of drug-likeness (QED) is 0.350. The lowest BCUT2D eigenvalue weighted by atomic mass is 10.0. The third-order valence-electron chi connectivity index (χ3n) is 5.77. The van der Waals surface area contributed by atoms with Crippen LogP contribution in [0.15, 0.2) is 77.7 Å². The summed E-state index contributed by atoms with van der Waals surface area (Å²) in [6, 6.07) is 20.0. The van der Waals surface area contributed by atoms with E-state index in [-0.39, 0.29) is 22.8 Å². The molecule has 9 nitrogen and oxygen atoms in total. The summed E-state index contributed by atoms with van der Waals surface area (Å²) in [6.45, 7) is 5.78. The molecular formula is C28H26N4O5S. The van der Waals surface area contributed by atoms with Crippen LogP contribution in [0.4, 0.5) is 11.6 Å². The minimum absolute atomic E-state index is 0.0585. The summed E-state index contributed by atoms with van der Waals surface area (Å²) < 4.78 is 41.3. The van der Waals surface area contributed by atoms with Crippen LogP contribution in [0.5, 0.6) is 17.4 Å². The minimum Gasteiger partial charge on any atom is -0.490 e. The number of hydrogen-bond acceptors (Lipinski definition) is 7. The Balaban J connectivity index is 1.76. The van der Waals surface area contributed by atoms with Crippen LogP contribution < -0.4 is 19.5 Å². The minimum atomic E-state index is -4.11. The van der Waals surface area contributed by atoms with Crippen LogP contribution in [0, 0.1) is 0 Å². The fraction of sp³-hybridized carbons (Fsp3) is 0.179. The summed E-state index contributed by atoms with van der Waals surface area (Å²) in [7, 11) is -4.11. The maximum atomic E-state index is 13.3. The summed E-state index contributed by atoms with van der Waals surface area (Å²) in [6.07, 6.45) is 0.388. The first-order valence-electron chi connectivity index (χ1n) is 12.1. The van der Waals surface area contributed by atoms with Crippen molar-refractivity contribution in [1.82, 2.24) is 9.97 Å². The molecule has 0 saturated heterocycles. The Bertz CT molecular complexity index is 1640. The highest BCUT2D eigenvalue weighted by molar-refractivity contribution is 7.92. The molecule has 38 heavy (non-hydrogen) atoms. The summed E-state index contributed by atoms with van der Waals surface area (Å²) in [5.74, 6) is 0.557. The van der Waals surface area contributed by atoms with Gasteiger partial charge in [-0.3, -0.25) is 4.79 Å². The molecule has 10 heteroatoms. The highest BCUT2D eigenvalue weighted by Gasteiger charge is 2.24. The number of fused-ring (bicyclic) bond motifs is 6. The van der Waals surface area contributed by atoms with Gasteiger partial charge in [0.1, 0.15) is 11.5 Å². The van der Waals surface area contributed by atoms with Gasteiger partial charge in [-0.2, -0.15) is 4.98 Å². The molecule has 0 spiro atoms. The SMILES string of the molecule is CCc1c2nc(nc1-c1ccccc1OC(C)C)NS(=O)(=O)c1cccc(c1)NC(=O)c1cccc(c1)O2. The number of ether oxygens (including phenoxy) is 2. The van der Waals surface area contributed by atoms with Crippen LogP contribution in [-0.4, -0.2) is 30.4 Å². The molecule has 0 radical (unpaired) electrons. The number of aromatic nitrogens is 2. The highest BCUT2D eigenvalue weighted by Crippen LogP contribution is 2.38. The van der Waals surface area contributed by atoms with Gasteiger partial charge >= 0.3 is 0 Å². The lowest BCUT2D eigenvalue weighted by Crippen LogP contribution is -2.18. The third-order valence-corrected chi connectivity index (χ3v) is 7.09. The Morgan fingerprint density at radius 1 is 0.974 bits per heavy atom. The van der Waals surface area contributed by atoms with Gasteiger partial charge < -0.3 is 14.8 Å². The van der Waals surface area contributed by atoms with Crippen molar-refractivity contribution in [3.8, 4) is 28.6 Å². The lowest BCUT2D eigenvalue weighted by molar-refractivity contribution is 0.102. The second-order valence-electron chi connectivity index (χ2n) is 8.91. The number of carbonyl (C=O) groups is 1. The molecule has 1 aromatic heterocycles. The average molecular weight is 531 g/mol. The van der Waals surface area contributed by atoms with Gasteiger partial charge in [0.05, 0.1) is 16.7 Å². The Morgan fingerprint density at radius 2 is 1.76 bits per heavy atom. The Kier molecular flexibility index (Phi) is 6.73. The van der Waals surface area contributed by atoms with Crippen LogP contribution in [0.1, 0.15) is 36.7 Å². The molecule has 3 aromatic carbocycles. The van der Waals surface area contributed by atoms with Crippen molar-refractivity contribution in [3.63, 3.8) is 0 Å². The van der Waals surface area contributed by atoms with E-state index >= 15 is 0 Å². The van der Waals surface area contributed by atoms with Crippen LogP contribution >= 0.6 is 0 Å². The van der Waals surface area contributed by atoms with E-state index in [0.29, 0.717) is 46.0 Å². The first-order valence-corrected chi connectivity index (χ1v) is 13.6. The van der Waals surface area contributed by atoms with E-state index in [1.807, 2.05) is 45.0 Å². The fourth-order valence-corrected chi connectivity index (χ4v) is 5.08. The molecular weight excluding hydrogens is 504 g/mol. The van der Waals surface area contributed by atoms with Crippen LogP contribution in [0.2, 0.25) is 0 Å². The van der Waals surface area contributed by atoms with Crippen LogP contribution in [0.3, 0.4) is 0 Å². The number of carbonyl (C=O) groups excluding carboxylic acids is 1. The molecule has 4 aromatic rings. The van der Waals surface area contributed by atoms with E-state index in [1.54, 1.807) is 36.4 Å². The van der Waals surface area contributed by atoms with Crippen molar-refractivity contribution in [1.29, 1.82) is 0 Å². The number of nitrogens with zero attached hydrogens (tertiary/aromatic N) is 2. The number of sulfonamides is 1.